The summed E-state index contributed by atoms with van der Waals surface area (Å²) in [7, 11) is 2.79. The first-order valence-corrected chi connectivity index (χ1v) is 20.6. The summed E-state index contributed by atoms with van der Waals surface area (Å²) in [5.41, 5.74) is -0.754. The Balaban J connectivity index is 1.37. The number of ether oxygens (including phenoxy) is 6. The summed E-state index contributed by atoms with van der Waals surface area (Å²) < 4.78 is 36.4. The molecule has 0 unspecified atom stereocenters. The van der Waals surface area contributed by atoms with Crippen LogP contribution in [0.3, 0.4) is 0 Å². The second-order valence-corrected chi connectivity index (χ2v) is 15.8. The lowest BCUT2D eigenvalue weighted by molar-refractivity contribution is -0.140. The van der Waals surface area contributed by atoms with E-state index in [9.17, 15) is 19.2 Å². The van der Waals surface area contributed by atoms with E-state index in [4.69, 9.17) is 56.7 Å². The minimum atomic E-state index is -1.86. The molecule has 12 nitrogen and oxygen atoms in total. The second kappa shape index (κ2) is 17.5. The predicted octanol–water partition coefficient (Wildman–Crippen LogP) is 8.83. The number of aliphatic hydroxyl groups excluding tert-OH is 1. The number of rotatable bonds is 13. The zero-order valence-electron chi connectivity index (χ0n) is 32.1. The molecule has 3 aromatic rings. The molecule has 0 aromatic heterocycles. The Morgan fingerprint density at radius 3 is 1.79 bits per heavy atom. The predicted molar refractivity (Wildman–Crippen MR) is 210 cm³/mol. The summed E-state index contributed by atoms with van der Waals surface area (Å²) in [6.45, 7) is 0.529. The number of amides is 1. The number of carbonyl (C=O) groups is 4. The number of fused-ring (bicyclic) bond motifs is 6. The van der Waals surface area contributed by atoms with Gasteiger partial charge in [-0.05, 0) is 68.9 Å². The van der Waals surface area contributed by atoms with Crippen LogP contribution in [0.15, 0.2) is 30.3 Å². The first kappa shape index (κ1) is 40.7. The summed E-state index contributed by atoms with van der Waals surface area (Å²) >= 11 is 14.3. The van der Waals surface area contributed by atoms with Crippen molar-refractivity contribution >= 4 is 47.0 Å². The molecule has 2 N–H and O–H groups in total. The maximum Gasteiger partial charge on any atom is 0.340 e. The van der Waals surface area contributed by atoms with Crippen LogP contribution in [0.5, 0.6) is 34.5 Å². The van der Waals surface area contributed by atoms with Gasteiger partial charge in [0.15, 0.2) is 40.1 Å². The van der Waals surface area contributed by atoms with Crippen LogP contribution in [0.2, 0.25) is 10.0 Å². The van der Waals surface area contributed by atoms with Crippen molar-refractivity contribution in [3.63, 3.8) is 0 Å². The number of hydrogen-bond donors (Lipinski definition) is 2. The number of hydrogen-bond acceptors (Lipinski definition) is 11. The molecular weight excluding hydrogens is 777 g/mol. The third-order valence-electron chi connectivity index (χ3n) is 11.5. The molecule has 2 heterocycles. The molecule has 7 rings (SSSR count). The quantitative estimate of drug-likeness (QED) is 0.0965. The van der Waals surface area contributed by atoms with Crippen LogP contribution in [0.1, 0.15) is 127 Å². The van der Waals surface area contributed by atoms with Gasteiger partial charge in [0.2, 0.25) is 0 Å². The molecule has 0 saturated heterocycles. The van der Waals surface area contributed by atoms with Crippen LogP contribution in [0, 0.1) is 11.8 Å². The van der Waals surface area contributed by atoms with Crippen LogP contribution in [-0.2, 0) is 19.9 Å². The molecule has 14 heteroatoms. The molecule has 304 valence electrons. The van der Waals surface area contributed by atoms with E-state index in [2.05, 4.69) is 5.32 Å². The van der Waals surface area contributed by atoms with Crippen molar-refractivity contribution in [1.82, 2.24) is 5.32 Å². The van der Waals surface area contributed by atoms with Crippen molar-refractivity contribution in [3.8, 4) is 34.5 Å². The largest absolute Gasteiger partial charge is 0.493 e. The molecule has 2 aliphatic carbocycles. The van der Waals surface area contributed by atoms with Crippen LogP contribution < -0.4 is 29.0 Å². The van der Waals surface area contributed by atoms with Crippen molar-refractivity contribution in [1.29, 1.82) is 0 Å². The minimum absolute atomic E-state index is 0.0496. The first-order valence-electron chi connectivity index (χ1n) is 19.8. The van der Waals surface area contributed by atoms with E-state index in [1.54, 1.807) is 12.1 Å². The Kier molecular flexibility index (Phi) is 12.5. The van der Waals surface area contributed by atoms with Gasteiger partial charge in [-0.25, -0.2) is 4.79 Å². The maximum atomic E-state index is 13.9. The number of esters is 3. The third-order valence-corrected chi connectivity index (χ3v) is 12.2. The van der Waals surface area contributed by atoms with E-state index < -0.39 is 23.5 Å². The molecule has 2 saturated carbocycles. The van der Waals surface area contributed by atoms with Crippen molar-refractivity contribution < 1.29 is 52.7 Å². The maximum absolute atomic E-state index is 13.9. The van der Waals surface area contributed by atoms with Gasteiger partial charge in [-0.3, -0.25) is 14.4 Å². The minimum Gasteiger partial charge on any atom is -0.493 e. The van der Waals surface area contributed by atoms with E-state index in [1.807, 2.05) is 0 Å². The van der Waals surface area contributed by atoms with Crippen LogP contribution >= 0.6 is 23.2 Å². The Morgan fingerprint density at radius 1 is 0.754 bits per heavy atom. The molecule has 0 atom stereocenters. The summed E-state index contributed by atoms with van der Waals surface area (Å²) in [6.07, 6.45) is 11.5. The van der Waals surface area contributed by atoms with Crippen molar-refractivity contribution in [2.45, 2.75) is 95.5 Å². The number of nitrogens with one attached hydrogen (secondary N) is 1. The number of carbonyl (C=O) groups excluding carboxylic acids is 4. The molecule has 57 heavy (non-hydrogen) atoms. The van der Waals surface area contributed by atoms with Crippen LogP contribution in [0.25, 0.3) is 0 Å². The standard InChI is InChI=1S/C43H47Cl2NO11/c1-52-31-22-29-35(33(44)37(31)55-40(49)24-13-7-5-8-14-24)54-36-30(23-32(53-2)38(34(36)45)56-41(50)25-15-9-6-10-16-25)43(29)28-21-26(17-18-27(28)42(51)57-43)39(48)46-19-11-3-4-12-20-47/h17-18,21-25,47H,3-16,19-20H2,1-2H3,(H,46,48). The van der Waals surface area contributed by atoms with Gasteiger partial charge >= 0.3 is 17.9 Å². The normalized spacial score (nSPS) is 17.1. The molecule has 4 aliphatic rings. The monoisotopic (exact) mass is 823 g/mol. The summed E-state index contributed by atoms with van der Waals surface area (Å²) in [5, 5.41) is 11.7. The van der Waals surface area contributed by atoms with Crippen LogP contribution in [0.4, 0.5) is 0 Å². The summed E-state index contributed by atoms with van der Waals surface area (Å²) in [4.78, 5) is 54.5. The van der Waals surface area contributed by atoms with Gasteiger partial charge in [0.25, 0.3) is 5.91 Å². The SMILES string of the molecule is COc1cc2c(c(Cl)c1OC(=O)C1CCCCC1)Oc1c(cc(OC)c(OC(=O)C3CCCCC3)c1Cl)C21OC(=O)c2ccc(C(=O)NCCCCCCO)cc21. The van der Waals surface area contributed by atoms with E-state index in [0.29, 0.717) is 38.6 Å². The number of methoxy groups -OCH3 is 2. The molecule has 3 aromatic carbocycles. The zero-order chi connectivity index (χ0) is 40.3. The number of halogens is 2. The number of benzene rings is 3. The third kappa shape index (κ3) is 7.76. The average molecular weight is 825 g/mol. The van der Waals surface area contributed by atoms with E-state index in [0.717, 1.165) is 57.8 Å². The molecule has 0 bridgehead atoms. The Hall–Kier alpha value is -4.52. The van der Waals surface area contributed by atoms with Gasteiger partial charge in [0, 0.05) is 24.3 Å². The fraction of sp³-hybridized carbons (Fsp3) is 0.488. The number of unbranched alkanes of at least 4 members (excludes halogenated alkanes) is 3. The highest BCUT2D eigenvalue weighted by molar-refractivity contribution is 6.35. The topological polar surface area (TPSA) is 156 Å². The number of aliphatic hydroxyl groups is 1. The molecule has 2 aliphatic heterocycles. The summed E-state index contributed by atoms with van der Waals surface area (Å²) in [6, 6.07) is 7.72. The lowest BCUT2D eigenvalue weighted by Crippen LogP contribution is -2.34. The Morgan fingerprint density at radius 2 is 1.28 bits per heavy atom. The van der Waals surface area contributed by atoms with Gasteiger partial charge < -0.3 is 38.8 Å². The van der Waals surface area contributed by atoms with Crippen LogP contribution in [-0.4, -0.2) is 56.3 Å². The smallest absolute Gasteiger partial charge is 0.340 e. The molecule has 2 fully saturated rings. The molecular formula is C43H47Cl2NO11. The lowest BCUT2D eigenvalue weighted by Gasteiger charge is -2.38. The average Bonchev–Trinajstić information content (AvgIpc) is 3.53. The fourth-order valence-corrected chi connectivity index (χ4v) is 8.93. The van der Waals surface area contributed by atoms with E-state index in [-0.39, 0.29) is 96.7 Å². The molecule has 1 spiro atoms. The Labute approximate surface area is 341 Å². The van der Waals surface area contributed by atoms with Crippen molar-refractivity contribution in [2.24, 2.45) is 11.8 Å². The van der Waals surface area contributed by atoms with Gasteiger partial charge in [-0.15, -0.1) is 0 Å². The summed E-state index contributed by atoms with van der Waals surface area (Å²) in [5.74, 6) is -2.75. The van der Waals surface area contributed by atoms with Gasteiger partial charge in [0.05, 0.1) is 42.7 Å². The second-order valence-electron chi connectivity index (χ2n) is 15.0. The Bertz CT molecular complexity index is 1960. The highest BCUT2D eigenvalue weighted by Crippen LogP contribution is 2.63. The van der Waals surface area contributed by atoms with Crippen molar-refractivity contribution in [2.75, 3.05) is 27.4 Å². The molecule has 1 amide bonds. The molecule has 0 radical (unpaired) electrons. The van der Waals surface area contributed by atoms with Gasteiger partial charge in [-0.2, -0.15) is 0 Å². The first-order chi connectivity index (χ1) is 27.6. The fourth-order valence-electron chi connectivity index (χ4n) is 8.39. The highest BCUT2D eigenvalue weighted by atomic mass is 35.5. The van der Waals surface area contributed by atoms with Gasteiger partial charge in [0.1, 0.15) is 10.0 Å². The lowest BCUT2D eigenvalue weighted by atomic mass is 9.76. The van der Waals surface area contributed by atoms with E-state index >= 15 is 0 Å². The highest BCUT2D eigenvalue weighted by Gasteiger charge is 2.56. The zero-order valence-corrected chi connectivity index (χ0v) is 33.7. The van der Waals surface area contributed by atoms with Gasteiger partial charge in [-0.1, -0.05) is 74.6 Å². The van der Waals surface area contributed by atoms with E-state index in [1.165, 1.54) is 32.4 Å². The van der Waals surface area contributed by atoms with Crippen molar-refractivity contribution in [3.05, 3.63) is 68.2 Å².